The highest BCUT2D eigenvalue weighted by Crippen LogP contribution is 2.45. The van der Waals surface area contributed by atoms with Gasteiger partial charge in [-0.1, -0.05) is 17.7 Å². The molecule has 1 aliphatic heterocycles. The molecule has 3 rings (SSSR count). The van der Waals surface area contributed by atoms with E-state index in [1.807, 2.05) is 0 Å². The van der Waals surface area contributed by atoms with Crippen LogP contribution in [0.3, 0.4) is 0 Å². The van der Waals surface area contributed by atoms with E-state index in [2.05, 4.69) is 0 Å². The fraction of sp³-hybridized carbons (Fsp3) is 0.643. The number of carbonyl (C=O) groups is 4. The Morgan fingerprint density at radius 1 is 0.854 bits per heavy atom. The molecule has 5 atom stereocenters. The Bertz CT molecular complexity index is 1100. The Kier molecular flexibility index (Phi) is 11.4. The van der Waals surface area contributed by atoms with Crippen molar-refractivity contribution in [2.45, 2.75) is 95.8 Å². The van der Waals surface area contributed by atoms with Gasteiger partial charge in [0.05, 0.1) is 17.2 Å². The Labute approximate surface area is 243 Å². The third kappa shape index (κ3) is 8.09. The molecule has 0 radical (unpaired) electrons. The standard InChI is InChI=1S/C28H37ClO12/c1-15(30)36-14-24-25(37-16(2)31)26(38-17(3)32)27(39-18(4)33)28(35-6,41-24)19-7-12-22(29)23(13-19)40-21-10-8-20(34-5)9-11-21/h7,12-13,20-21,24-27H,8-11,14H2,1-6H3/t20-,21+,24-,25-,26+,27-,28?/m1/s1. The summed E-state index contributed by atoms with van der Waals surface area (Å²) in [6.45, 7) is 4.25. The number of halogens is 1. The first-order valence-electron chi connectivity index (χ1n) is 13.3. The number of hydrogen-bond acceptors (Lipinski definition) is 12. The summed E-state index contributed by atoms with van der Waals surface area (Å²) < 4.78 is 45.8. The maximum Gasteiger partial charge on any atom is 0.303 e. The maximum atomic E-state index is 12.3. The first-order chi connectivity index (χ1) is 19.4. The molecule has 1 saturated carbocycles. The topological polar surface area (TPSA) is 142 Å². The van der Waals surface area contributed by atoms with Gasteiger partial charge in [0.25, 0.3) is 0 Å². The Morgan fingerprint density at radius 2 is 1.44 bits per heavy atom. The summed E-state index contributed by atoms with van der Waals surface area (Å²) in [4.78, 5) is 48.3. The molecule has 0 amide bonds. The van der Waals surface area contributed by atoms with Gasteiger partial charge in [-0.25, -0.2) is 0 Å². The van der Waals surface area contributed by atoms with Gasteiger partial charge in [-0.15, -0.1) is 0 Å². The van der Waals surface area contributed by atoms with Crippen LogP contribution in [0.1, 0.15) is 58.9 Å². The number of esters is 4. The second-order valence-corrected chi connectivity index (χ2v) is 10.3. The number of benzene rings is 1. The zero-order valence-electron chi connectivity index (χ0n) is 24.0. The Hall–Kier alpha value is -2.93. The molecule has 1 saturated heterocycles. The van der Waals surface area contributed by atoms with E-state index < -0.39 is 60.7 Å². The third-order valence-electron chi connectivity index (χ3n) is 6.92. The van der Waals surface area contributed by atoms with Crippen LogP contribution in [-0.2, 0) is 58.1 Å². The molecule has 2 aliphatic rings. The van der Waals surface area contributed by atoms with E-state index in [0.717, 1.165) is 46.5 Å². The van der Waals surface area contributed by atoms with Crippen LogP contribution in [0, 0.1) is 0 Å². The highest BCUT2D eigenvalue weighted by Gasteiger charge is 2.61. The minimum atomic E-state index is -1.94. The zero-order valence-corrected chi connectivity index (χ0v) is 24.8. The fourth-order valence-electron chi connectivity index (χ4n) is 5.16. The predicted octanol–water partition coefficient (Wildman–Crippen LogP) is 3.23. The minimum Gasteiger partial charge on any atom is -0.489 e. The molecule has 1 aromatic rings. The molecule has 1 aromatic carbocycles. The smallest absolute Gasteiger partial charge is 0.303 e. The lowest BCUT2D eigenvalue weighted by molar-refractivity contribution is -0.367. The lowest BCUT2D eigenvalue weighted by atomic mass is 9.87. The summed E-state index contributed by atoms with van der Waals surface area (Å²) in [7, 11) is 2.99. The van der Waals surface area contributed by atoms with Crippen LogP contribution in [0.15, 0.2) is 18.2 Å². The first-order valence-corrected chi connectivity index (χ1v) is 13.6. The molecule has 0 aromatic heterocycles. The van der Waals surface area contributed by atoms with Crippen LogP contribution in [0.4, 0.5) is 0 Å². The molecule has 1 aliphatic carbocycles. The van der Waals surface area contributed by atoms with Gasteiger partial charge in [-0.3, -0.25) is 19.2 Å². The van der Waals surface area contributed by atoms with Crippen molar-refractivity contribution >= 4 is 35.5 Å². The number of carbonyl (C=O) groups excluding carboxylic acids is 4. The van der Waals surface area contributed by atoms with Crippen LogP contribution < -0.4 is 4.74 Å². The van der Waals surface area contributed by atoms with Gasteiger partial charge in [0.1, 0.15) is 18.5 Å². The van der Waals surface area contributed by atoms with Crippen LogP contribution in [0.25, 0.3) is 0 Å². The molecular weight excluding hydrogens is 564 g/mol. The van der Waals surface area contributed by atoms with E-state index >= 15 is 0 Å². The van der Waals surface area contributed by atoms with Crippen molar-refractivity contribution in [3.05, 3.63) is 28.8 Å². The normalized spacial score (nSPS) is 29.6. The quantitative estimate of drug-likeness (QED) is 0.287. The van der Waals surface area contributed by atoms with Gasteiger partial charge in [0.15, 0.2) is 12.2 Å². The van der Waals surface area contributed by atoms with Crippen LogP contribution >= 0.6 is 11.6 Å². The summed E-state index contributed by atoms with van der Waals surface area (Å²) in [6, 6.07) is 4.74. The van der Waals surface area contributed by atoms with Crippen molar-refractivity contribution in [1.82, 2.24) is 0 Å². The molecule has 2 fully saturated rings. The van der Waals surface area contributed by atoms with E-state index in [1.54, 1.807) is 25.3 Å². The van der Waals surface area contributed by atoms with E-state index in [0.29, 0.717) is 16.3 Å². The molecule has 12 nitrogen and oxygen atoms in total. The minimum absolute atomic E-state index is 0.122. The van der Waals surface area contributed by atoms with Crippen LogP contribution in [0.5, 0.6) is 5.75 Å². The molecule has 13 heteroatoms. The largest absolute Gasteiger partial charge is 0.489 e. The molecule has 41 heavy (non-hydrogen) atoms. The van der Waals surface area contributed by atoms with Gasteiger partial charge in [0, 0.05) is 47.5 Å². The number of ether oxygens (including phenoxy) is 8. The summed E-state index contributed by atoms with van der Waals surface area (Å²) in [5, 5.41) is 0.319. The Balaban J connectivity index is 2.10. The van der Waals surface area contributed by atoms with Crippen molar-refractivity contribution < 1.29 is 57.1 Å². The second kappa shape index (κ2) is 14.3. The van der Waals surface area contributed by atoms with Crippen LogP contribution in [0.2, 0.25) is 5.02 Å². The Morgan fingerprint density at radius 3 is 1.98 bits per heavy atom. The predicted molar refractivity (Wildman–Crippen MR) is 142 cm³/mol. The average molecular weight is 601 g/mol. The first kappa shape index (κ1) is 32.6. The van der Waals surface area contributed by atoms with Crippen molar-refractivity contribution in [3.63, 3.8) is 0 Å². The van der Waals surface area contributed by atoms with Gasteiger partial charge in [0.2, 0.25) is 11.9 Å². The second-order valence-electron chi connectivity index (χ2n) is 9.91. The lowest BCUT2D eigenvalue weighted by Crippen LogP contribution is -2.67. The molecule has 0 N–H and O–H groups in total. The molecule has 1 unspecified atom stereocenters. The molecule has 0 spiro atoms. The number of rotatable bonds is 10. The van der Waals surface area contributed by atoms with Gasteiger partial charge < -0.3 is 37.9 Å². The van der Waals surface area contributed by atoms with Crippen LogP contribution in [-0.4, -0.2) is 81.3 Å². The van der Waals surface area contributed by atoms with E-state index in [9.17, 15) is 19.2 Å². The van der Waals surface area contributed by atoms with Crippen molar-refractivity contribution in [3.8, 4) is 5.75 Å². The highest BCUT2D eigenvalue weighted by atomic mass is 35.5. The molecule has 0 bridgehead atoms. The van der Waals surface area contributed by atoms with Crippen molar-refractivity contribution in [1.29, 1.82) is 0 Å². The van der Waals surface area contributed by atoms with Gasteiger partial charge in [-0.05, 0) is 37.8 Å². The summed E-state index contributed by atoms with van der Waals surface area (Å²) >= 11 is 6.51. The van der Waals surface area contributed by atoms with Crippen molar-refractivity contribution in [2.75, 3.05) is 20.8 Å². The summed E-state index contributed by atoms with van der Waals surface area (Å²) in [5.74, 6) is -4.49. The lowest BCUT2D eigenvalue weighted by Gasteiger charge is -2.50. The summed E-state index contributed by atoms with van der Waals surface area (Å²) in [6.07, 6.45) is -2.21. The monoisotopic (exact) mass is 600 g/mol. The fourth-order valence-corrected chi connectivity index (χ4v) is 5.32. The maximum absolute atomic E-state index is 12.3. The van der Waals surface area contributed by atoms with E-state index in [-0.39, 0.29) is 12.2 Å². The zero-order chi connectivity index (χ0) is 30.3. The molecular formula is C28H37ClO12. The number of hydrogen-bond donors (Lipinski definition) is 0. The molecule has 1 heterocycles. The van der Waals surface area contributed by atoms with Crippen molar-refractivity contribution in [2.24, 2.45) is 0 Å². The third-order valence-corrected chi connectivity index (χ3v) is 7.23. The average Bonchev–Trinajstić information content (AvgIpc) is 2.91. The SMILES string of the molecule is COC1(c2ccc(Cl)c(O[C@H]3CC[C@@H](OC)CC3)c2)O[C@H](COC(C)=O)[C@@H](OC(C)=O)[C@H](OC(C)=O)[C@H]1OC(C)=O. The van der Waals surface area contributed by atoms with E-state index in [4.69, 9.17) is 49.5 Å². The van der Waals surface area contributed by atoms with Gasteiger partial charge in [-0.2, -0.15) is 0 Å². The van der Waals surface area contributed by atoms with E-state index in [1.165, 1.54) is 14.0 Å². The molecule has 228 valence electrons. The highest BCUT2D eigenvalue weighted by molar-refractivity contribution is 6.32. The number of methoxy groups -OCH3 is 2. The summed E-state index contributed by atoms with van der Waals surface area (Å²) in [5.41, 5.74) is 0.294. The van der Waals surface area contributed by atoms with Gasteiger partial charge >= 0.3 is 23.9 Å².